The second-order valence-corrected chi connectivity index (χ2v) is 7.92. The van der Waals surface area contributed by atoms with Crippen LogP contribution in [0.1, 0.15) is 44.9 Å². The molecular weight excluding hydrogens is 348 g/mol. The zero-order valence-electron chi connectivity index (χ0n) is 15.7. The highest BCUT2D eigenvalue weighted by Gasteiger charge is 2.15. The third kappa shape index (κ3) is 4.74. The monoisotopic (exact) mass is 376 g/mol. The second kappa shape index (κ2) is 9.33. The van der Waals surface area contributed by atoms with Gasteiger partial charge in [-0.2, -0.15) is 4.99 Å². The average Bonchev–Trinajstić information content (AvgIpc) is 3.01. The van der Waals surface area contributed by atoms with Gasteiger partial charge in [-0.05, 0) is 30.5 Å². The Morgan fingerprint density at radius 2 is 2.08 bits per heavy atom. The fourth-order valence-electron chi connectivity index (χ4n) is 3.63. The van der Waals surface area contributed by atoms with Gasteiger partial charge < -0.3 is 14.0 Å². The number of hydrogen-bond donors (Lipinski definition) is 0. The summed E-state index contributed by atoms with van der Waals surface area (Å²) >= 11 is 1.53. The third-order valence-electron chi connectivity index (χ3n) is 5.12. The lowest BCUT2D eigenvalue weighted by Gasteiger charge is -2.20. The van der Waals surface area contributed by atoms with Crippen LogP contribution in [0.15, 0.2) is 23.2 Å². The molecule has 1 amide bonds. The molecule has 0 bridgehead atoms. The van der Waals surface area contributed by atoms with Crippen molar-refractivity contribution in [3.8, 4) is 5.75 Å². The molecule has 3 rings (SSSR count). The summed E-state index contributed by atoms with van der Waals surface area (Å²) in [6.07, 6.45) is 8.02. The van der Waals surface area contributed by atoms with E-state index in [9.17, 15) is 4.79 Å². The van der Waals surface area contributed by atoms with E-state index in [0.717, 1.165) is 27.2 Å². The first-order chi connectivity index (χ1) is 12.7. The lowest BCUT2D eigenvalue weighted by atomic mass is 9.86. The van der Waals surface area contributed by atoms with Gasteiger partial charge in [-0.15, -0.1) is 0 Å². The van der Waals surface area contributed by atoms with Gasteiger partial charge >= 0.3 is 0 Å². The lowest BCUT2D eigenvalue weighted by Crippen LogP contribution is -2.19. The number of carbonyl (C=O) groups excluding carboxylic acids is 1. The van der Waals surface area contributed by atoms with Gasteiger partial charge in [0.2, 0.25) is 5.91 Å². The van der Waals surface area contributed by atoms with Gasteiger partial charge in [0.25, 0.3) is 0 Å². The van der Waals surface area contributed by atoms with Gasteiger partial charge in [0.05, 0.1) is 23.9 Å². The first kappa shape index (κ1) is 19.1. The fraction of sp³-hybridized carbons (Fsp3) is 0.600. The molecule has 0 spiro atoms. The predicted molar refractivity (Wildman–Crippen MR) is 105 cm³/mol. The van der Waals surface area contributed by atoms with Crippen molar-refractivity contribution in [1.29, 1.82) is 0 Å². The Bertz CT molecular complexity index is 803. The Balaban J connectivity index is 1.81. The SMILES string of the molecule is COCCn1c(=NC(=O)CCC2CCCCC2)sc2cc(OC)ccc21. The maximum absolute atomic E-state index is 12.5. The van der Waals surface area contributed by atoms with Gasteiger partial charge in [-0.3, -0.25) is 4.79 Å². The van der Waals surface area contributed by atoms with Crippen molar-refractivity contribution < 1.29 is 14.3 Å². The van der Waals surface area contributed by atoms with Crippen molar-refractivity contribution in [3.63, 3.8) is 0 Å². The topological polar surface area (TPSA) is 52.8 Å². The van der Waals surface area contributed by atoms with E-state index in [0.29, 0.717) is 25.5 Å². The van der Waals surface area contributed by atoms with E-state index < -0.39 is 0 Å². The standard InChI is InChI=1S/C20H28N2O3S/c1-24-13-12-22-17-10-9-16(25-2)14-18(17)26-20(22)21-19(23)11-8-15-6-4-3-5-7-15/h9-10,14-15H,3-8,11-13H2,1-2H3. The van der Waals surface area contributed by atoms with Crippen LogP contribution < -0.4 is 9.54 Å². The molecule has 2 aromatic rings. The van der Waals surface area contributed by atoms with Crippen molar-refractivity contribution in [2.75, 3.05) is 20.8 Å². The number of amides is 1. The highest BCUT2D eigenvalue weighted by Crippen LogP contribution is 2.27. The van der Waals surface area contributed by atoms with E-state index in [1.807, 2.05) is 18.2 Å². The van der Waals surface area contributed by atoms with Gasteiger partial charge in [-0.1, -0.05) is 43.4 Å². The van der Waals surface area contributed by atoms with Crippen molar-refractivity contribution in [1.82, 2.24) is 4.57 Å². The zero-order chi connectivity index (χ0) is 18.4. The molecule has 5 nitrogen and oxygen atoms in total. The summed E-state index contributed by atoms with van der Waals surface area (Å²) in [7, 11) is 3.35. The molecule has 1 aromatic carbocycles. The molecule has 0 atom stereocenters. The quantitative estimate of drug-likeness (QED) is 0.729. The van der Waals surface area contributed by atoms with Crippen LogP contribution in [0.3, 0.4) is 0 Å². The Hall–Kier alpha value is -1.66. The molecule has 0 unspecified atom stereocenters. The molecule has 1 fully saturated rings. The van der Waals surface area contributed by atoms with E-state index in [1.54, 1.807) is 14.2 Å². The summed E-state index contributed by atoms with van der Waals surface area (Å²) in [6.45, 7) is 1.26. The highest BCUT2D eigenvalue weighted by atomic mass is 32.1. The number of benzene rings is 1. The van der Waals surface area contributed by atoms with Crippen LogP contribution in [-0.2, 0) is 16.1 Å². The van der Waals surface area contributed by atoms with Crippen molar-refractivity contribution >= 4 is 27.5 Å². The Morgan fingerprint density at radius 3 is 2.81 bits per heavy atom. The van der Waals surface area contributed by atoms with E-state index in [2.05, 4.69) is 9.56 Å². The van der Waals surface area contributed by atoms with Gasteiger partial charge in [-0.25, -0.2) is 0 Å². The molecule has 1 saturated carbocycles. The Labute approximate surface area is 158 Å². The van der Waals surface area contributed by atoms with E-state index in [1.165, 1.54) is 43.4 Å². The smallest absolute Gasteiger partial charge is 0.248 e. The minimum Gasteiger partial charge on any atom is -0.497 e. The average molecular weight is 377 g/mol. The molecule has 0 radical (unpaired) electrons. The van der Waals surface area contributed by atoms with E-state index >= 15 is 0 Å². The number of nitrogens with zero attached hydrogens (tertiary/aromatic N) is 2. The van der Waals surface area contributed by atoms with Crippen molar-refractivity contribution in [2.45, 2.75) is 51.5 Å². The Morgan fingerprint density at radius 1 is 1.27 bits per heavy atom. The molecule has 0 saturated heterocycles. The van der Waals surface area contributed by atoms with Crippen LogP contribution in [-0.4, -0.2) is 31.3 Å². The lowest BCUT2D eigenvalue weighted by molar-refractivity contribution is -0.118. The first-order valence-corrected chi connectivity index (χ1v) is 10.3. The number of rotatable bonds is 7. The summed E-state index contributed by atoms with van der Waals surface area (Å²) in [5.41, 5.74) is 1.06. The number of carbonyl (C=O) groups is 1. The molecule has 1 heterocycles. The summed E-state index contributed by atoms with van der Waals surface area (Å²) < 4.78 is 13.7. The molecule has 26 heavy (non-hydrogen) atoms. The summed E-state index contributed by atoms with van der Waals surface area (Å²) in [5, 5.41) is 0. The molecule has 142 valence electrons. The second-order valence-electron chi connectivity index (χ2n) is 6.91. The predicted octanol–water partition coefficient (Wildman–Crippen LogP) is 4.15. The number of ether oxygens (including phenoxy) is 2. The normalized spacial score (nSPS) is 16.3. The minimum atomic E-state index is -0.0136. The first-order valence-electron chi connectivity index (χ1n) is 9.45. The Kier molecular flexibility index (Phi) is 6.86. The summed E-state index contributed by atoms with van der Waals surface area (Å²) in [5.74, 6) is 1.50. The molecule has 1 aliphatic rings. The van der Waals surface area contributed by atoms with Crippen LogP contribution in [0.4, 0.5) is 0 Å². The third-order valence-corrected chi connectivity index (χ3v) is 6.16. The van der Waals surface area contributed by atoms with Gasteiger partial charge in [0, 0.05) is 20.1 Å². The largest absolute Gasteiger partial charge is 0.497 e. The van der Waals surface area contributed by atoms with Crippen LogP contribution in [0, 0.1) is 5.92 Å². The summed E-state index contributed by atoms with van der Waals surface area (Å²) in [6, 6.07) is 5.95. The van der Waals surface area contributed by atoms with Crippen molar-refractivity contribution in [2.24, 2.45) is 10.9 Å². The molecule has 0 aliphatic heterocycles. The van der Waals surface area contributed by atoms with Gasteiger partial charge in [0.15, 0.2) is 4.80 Å². The minimum absolute atomic E-state index is 0.0136. The van der Waals surface area contributed by atoms with Crippen molar-refractivity contribution in [3.05, 3.63) is 23.0 Å². The van der Waals surface area contributed by atoms with E-state index in [4.69, 9.17) is 9.47 Å². The number of fused-ring (bicyclic) bond motifs is 1. The maximum atomic E-state index is 12.5. The van der Waals surface area contributed by atoms with Crippen LogP contribution >= 0.6 is 11.3 Å². The van der Waals surface area contributed by atoms with E-state index in [-0.39, 0.29) is 5.91 Å². The highest BCUT2D eigenvalue weighted by molar-refractivity contribution is 7.16. The molecular formula is C20H28N2O3S. The number of hydrogen-bond acceptors (Lipinski definition) is 4. The van der Waals surface area contributed by atoms with Crippen LogP contribution in [0.5, 0.6) is 5.75 Å². The maximum Gasteiger partial charge on any atom is 0.248 e. The number of thiazole rings is 1. The molecule has 1 aromatic heterocycles. The van der Waals surface area contributed by atoms with Crippen LogP contribution in [0.25, 0.3) is 10.2 Å². The zero-order valence-corrected chi connectivity index (χ0v) is 16.5. The fourth-order valence-corrected chi connectivity index (χ4v) is 4.73. The molecule has 6 heteroatoms. The number of aromatic nitrogens is 1. The number of methoxy groups -OCH3 is 2. The van der Waals surface area contributed by atoms with Gasteiger partial charge in [0.1, 0.15) is 5.75 Å². The summed E-state index contributed by atoms with van der Waals surface area (Å²) in [4.78, 5) is 17.6. The molecule has 0 N–H and O–H groups in total. The van der Waals surface area contributed by atoms with Crippen LogP contribution in [0.2, 0.25) is 0 Å². The molecule has 1 aliphatic carbocycles.